The van der Waals surface area contributed by atoms with Crippen LogP contribution in [-0.4, -0.2) is 18.0 Å². The fraction of sp³-hybridized carbons (Fsp3) is 0.167. The lowest BCUT2D eigenvalue weighted by molar-refractivity contribution is 0.463. The molecule has 0 unspecified atom stereocenters. The van der Waals surface area contributed by atoms with Crippen LogP contribution in [0.25, 0.3) is 0 Å². The molecule has 3 nitrogen and oxygen atoms in total. The van der Waals surface area contributed by atoms with E-state index in [9.17, 15) is 0 Å². The van der Waals surface area contributed by atoms with E-state index in [2.05, 4.69) is 13.2 Å². The van der Waals surface area contributed by atoms with Crippen LogP contribution in [0.1, 0.15) is 0 Å². The first-order valence-electron chi connectivity index (χ1n) is 4.43. The monoisotopic (exact) mass is 199 g/mol. The van der Waals surface area contributed by atoms with Crippen molar-refractivity contribution in [1.82, 2.24) is 4.90 Å². The maximum atomic E-state index is 8.48. The molecule has 0 amide bonds. The van der Waals surface area contributed by atoms with Crippen molar-refractivity contribution in [2.45, 2.75) is 0 Å². The fourth-order valence-electron chi connectivity index (χ4n) is 0.888. The van der Waals surface area contributed by atoms with Crippen molar-refractivity contribution in [3.05, 3.63) is 49.2 Å². The lowest BCUT2D eigenvalue weighted by Crippen LogP contribution is -2.16. The minimum absolute atomic E-state index is 0.0865. The summed E-state index contributed by atoms with van der Waals surface area (Å²) >= 11 is 0. The average molecular weight is 199 g/mol. The largest absolute Gasteiger partial charge is 0.370 e. The van der Waals surface area contributed by atoms with E-state index in [0.717, 1.165) is 0 Å². The van der Waals surface area contributed by atoms with Crippen LogP contribution in [0.5, 0.6) is 0 Å². The van der Waals surface area contributed by atoms with Crippen LogP contribution in [0.15, 0.2) is 49.2 Å². The van der Waals surface area contributed by atoms with Crippen molar-refractivity contribution >= 4 is 0 Å². The quantitative estimate of drug-likeness (QED) is 0.374. The van der Waals surface area contributed by atoms with Crippen LogP contribution in [0.3, 0.4) is 0 Å². The van der Waals surface area contributed by atoms with Gasteiger partial charge in [0.1, 0.15) is 17.7 Å². The summed E-state index contributed by atoms with van der Waals surface area (Å²) in [6, 6.07) is 3.56. The molecule has 0 saturated heterocycles. The van der Waals surface area contributed by atoms with E-state index >= 15 is 0 Å². The van der Waals surface area contributed by atoms with Gasteiger partial charge in [0.2, 0.25) is 0 Å². The highest BCUT2D eigenvalue weighted by Crippen LogP contribution is 1.94. The minimum atomic E-state index is 0.0865. The third-order valence-electron chi connectivity index (χ3n) is 1.53. The van der Waals surface area contributed by atoms with Crippen molar-refractivity contribution in [2.24, 2.45) is 0 Å². The minimum Gasteiger partial charge on any atom is -0.370 e. The van der Waals surface area contributed by atoms with Crippen molar-refractivity contribution < 1.29 is 0 Å². The van der Waals surface area contributed by atoms with Crippen molar-refractivity contribution in [2.75, 3.05) is 13.1 Å². The second kappa shape index (κ2) is 8.34. The molecule has 0 aliphatic heterocycles. The summed E-state index contributed by atoms with van der Waals surface area (Å²) in [5, 5.41) is 17.0. The number of nitrogens with zero attached hydrogens (tertiary/aromatic N) is 3. The molecule has 0 aromatic rings. The zero-order chi connectivity index (χ0) is 11.5. The van der Waals surface area contributed by atoms with Crippen molar-refractivity contribution in [3.8, 4) is 12.1 Å². The third kappa shape index (κ3) is 5.90. The molecule has 0 atom stereocenters. The number of allylic oxidation sites excluding steroid dienone is 3. The first kappa shape index (κ1) is 12.7. The highest BCUT2D eigenvalue weighted by atomic mass is 15.1. The van der Waals surface area contributed by atoms with Crippen LogP contribution in [0.4, 0.5) is 0 Å². The van der Waals surface area contributed by atoms with Crippen molar-refractivity contribution in [3.63, 3.8) is 0 Å². The van der Waals surface area contributed by atoms with E-state index in [0.29, 0.717) is 13.1 Å². The van der Waals surface area contributed by atoms with Crippen LogP contribution in [0, 0.1) is 22.7 Å². The molecule has 0 radical (unpaired) electrons. The zero-order valence-corrected chi connectivity index (χ0v) is 8.56. The summed E-state index contributed by atoms with van der Waals surface area (Å²) in [7, 11) is 0. The van der Waals surface area contributed by atoms with Gasteiger partial charge in [0.05, 0.1) is 0 Å². The Bertz CT molecular complexity index is 324. The first-order valence-corrected chi connectivity index (χ1v) is 4.43. The van der Waals surface area contributed by atoms with E-state index in [1.165, 1.54) is 6.08 Å². The van der Waals surface area contributed by atoms with Gasteiger partial charge >= 0.3 is 0 Å². The number of hydrogen-bond donors (Lipinski definition) is 0. The molecule has 0 N–H and O–H groups in total. The summed E-state index contributed by atoms with van der Waals surface area (Å²) in [6.07, 6.45) is 8.46. The highest BCUT2D eigenvalue weighted by Gasteiger charge is 1.91. The maximum absolute atomic E-state index is 8.48. The van der Waals surface area contributed by atoms with Gasteiger partial charge in [-0.2, -0.15) is 10.5 Å². The number of hydrogen-bond acceptors (Lipinski definition) is 3. The van der Waals surface area contributed by atoms with E-state index in [-0.39, 0.29) is 5.57 Å². The van der Waals surface area contributed by atoms with Crippen molar-refractivity contribution in [1.29, 1.82) is 10.5 Å². The maximum Gasteiger partial charge on any atom is 0.129 e. The summed E-state index contributed by atoms with van der Waals surface area (Å²) in [6.45, 7) is 8.66. The molecular formula is C12H13N3. The lowest BCUT2D eigenvalue weighted by atomic mass is 10.3. The van der Waals surface area contributed by atoms with Gasteiger partial charge in [-0.15, -0.1) is 13.2 Å². The molecule has 0 bridgehead atoms. The van der Waals surface area contributed by atoms with Gasteiger partial charge in [-0.3, -0.25) is 0 Å². The Labute approximate surface area is 90.5 Å². The molecule has 0 rings (SSSR count). The fourth-order valence-corrected chi connectivity index (χ4v) is 0.888. The van der Waals surface area contributed by atoms with Gasteiger partial charge < -0.3 is 4.90 Å². The normalized spacial score (nSPS) is 8.67. The SMILES string of the molecule is C=CCN(/C=C/C=C(C#N)C#N)CC=C. The lowest BCUT2D eigenvalue weighted by Gasteiger charge is -2.14. The predicted molar refractivity (Wildman–Crippen MR) is 60.4 cm³/mol. The Kier molecular flexibility index (Phi) is 7.09. The first-order chi connectivity index (χ1) is 7.28. The summed E-state index contributed by atoms with van der Waals surface area (Å²) in [5.74, 6) is 0. The molecule has 3 heteroatoms. The van der Waals surface area contributed by atoms with Gasteiger partial charge in [0, 0.05) is 13.1 Å². The van der Waals surface area contributed by atoms with Crippen LogP contribution < -0.4 is 0 Å². The summed E-state index contributed by atoms with van der Waals surface area (Å²) in [4.78, 5) is 1.95. The second-order valence-electron chi connectivity index (χ2n) is 2.68. The standard InChI is InChI=1S/C12H13N3/c1-3-7-15(8-4-2)9-5-6-12(10-13)11-14/h3-6,9H,1-2,7-8H2/b9-5+. The summed E-state index contributed by atoms with van der Waals surface area (Å²) in [5.41, 5.74) is 0.0865. The third-order valence-corrected chi connectivity index (χ3v) is 1.53. The Morgan fingerprint density at radius 2 is 1.67 bits per heavy atom. The van der Waals surface area contributed by atoms with E-state index in [1.54, 1.807) is 36.6 Å². The van der Waals surface area contributed by atoms with Crippen LogP contribution in [0.2, 0.25) is 0 Å². The molecule has 0 fully saturated rings. The molecular weight excluding hydrogens is 186 g/mol. The molecule has 0 aromatic carbocycles. The number of nitriles is 2. The van der Waals surface area contributed by atoms with Crippen LogP contribution >= 0.6 is 0 Å². The number of rotatable bonds is 6. The van der Waals surface area contributed by atoms with E-state index in [1.807, 2.05) is 4.90 Å². The molecule has 0 saturated carbocycles. The molecule has 0 spiro atoms. The Morgan fingerprint density at radius 1 is 1.13 bits per heavy atom. The second-order valence-corrected chi connectivity index (χ2v) is 2.68. The molecule has 0 aliphatic rings. The van der Waals surface area contributed by atoms with E-state index < -0.39 is 0 Å². The molecule has 0 aliphatic carbocycles. The summed E-state index contributed by atoms with van der Waals surface area (Å²) < 4.78 is 0. The average Bonchev–Trinajstić information content (AvgIpc) is 2.25. The van der Waals surface area contributed by atoms with Gasteiger partial charge in [0.15, 0.2) is 0 Å². The predicted octanol–water partition coefficient (Wildman–Crippen LogP) is 2.15. The Morgan fingerprint density at radius 3 is 2.07 bits per heavy atom. The molecule has 0 heterocycles. The smallest absolute Gasteiger partial charge is 0.129 e. The molecule has 0 aromatic heterocycles. The zero-order valence-electron chi connectivity index (χ0n) is 8.56. The molecule has 15 heavy (non-hydrogen) atoms. The Balaban J connectivity index is 4.41. The van der Waals surface area contributed by atoms with Gasteiger partial charge in [0.25, 0.3) is 0 Å². The van der Waals surface area contributed by atoms with E-state index in [4.69, 9.17) is 10.5 Å². The molecule has 76 valence electrons. The van der Waals surface area contributed by atoms with Gasteiger partial charge in [-0.05, 0) is 18.4 Å². The topological polar surface area (TPSA) is 50.8 Å². The highest BCUT2D eigenvalue weighted by molar-refractivity contribution is 5.37. The van der Waals surface area contributed by atoms with Gasteiger partial charge in [-0.1, -0.05) is 12.2 Å². The van der Waals surface area contributed by atoms with Crippen LogP contribution in [-0.2, 0) is 0 Å². The Hall–Kier alpha value is -2.26. The van der Waals surface area contributed by atoms with Gasteiger partial charge in [-0.25, -0.2) is 0 Å².